The third-order valence-corrected chi connectivity index (χ3v) is 4.30. The maximum Gasteiger partial charge on any atom is 0.255 e. The van der Waals surface area contributed by atoms with E-state index in [0.717, 1.165) is 19.4 Å². The number of likely N-dealkylation sites (tertiary alicyclic amines) is 1. The minimum atomic E-state index is -0.0506. The Kier molecular flexibility index (Phi) is 5.04. The predicted molar refractivity (Wildman–Crippen MR) is 91.4 cm³/mol. The predicted octanol–water partition coefficient (Wildman–Crippen LogP) is 3.20. The highest BCUT2D eigenvalue weighted by Gasteiger charge is 2.26. The molecule has 7 heteroatoms. The molecule has 0 radical (unpaired) electrons. The Balaban J connectivity index is 1.72. The quantitative estimate of drug-likeness (QED) is 0.851. The SMILES string of the molecule is CC(C)Oc1ncc(C(=O)N2CCCC(n3ccnc3)C2)cc1Cl. The summed E-state index contributed by atoms with van der Waals surface area (Å²) in [6.07, 6.45) is 9.02. The first kappa shape index (κ1) is 16.8. The smallest absolute Gasteiger partial charge is 0.255 e. The summed E-state index contributed by atoms with van der Waals surface area (Å²) in [5.74, 6) is 0.309. The van der Waals surface area contributed by atoms with Gasteiger partial charge in [0.2, 0.25) is 5.88 Å². The molecule has 6 nitrogen and oxygen atoms in total. The average molecular weight is 349 g/mol. The topological polar surface area (TPSA) is 60.2 Å². The van der Waals surface area contributed by atoms with Crippen LogP contribution >= 0.6 is 11.6 Å². The Morgan fingerprint density at radius 2 is 2.29 bits per heavy atom. The van der Waals surface area contributed by atoms with E-state index < -0.39 is 0 Å². The summed E-state index contributed by atoms with van der Waals surface area (Å²) in [6.45, 7) is 5.21. The summed E-state index contributed by atoms with van der Waals surface area (Å²) >= 11 is 6.20. The third kappa shape index (κ3) is 3.70. The molecule has 24 heavy (non-hydrogen) atoms. The number of aromatic nitrogens is 3. The largest absolute Gasteiger partial charge is 0.474 e. The van der Waals surface area contributed by atoms with Gasteiger partial charge in [-0.15, -0.1) is 0 Å². The number of carbonyl (C=O) groups is 1. The van der Waals surface area contributed by atoms with Gasteiger partial charge < -0.3 is 14.2 Å². The summed E-state index contributed by atoms with van der Waals surface area (Å²) in [6, 6.07) is 1.90. The van der Waals surface area contributed by atoms with Gasteiger partial charge in [-0.2, -0.15) is 0 Å². The van der Waals surface area contributed by atoms with Gasteiger partial charge in [-0.25, -0.2) is 9.97 Å². The molecule has 3 rings (SSSR count). The van der Waals surface area contributed by atoms with E-state index in [1.807, 2.05) is 24.9 Å². The third-order valence-electron chi connectivity index (χ3n) is 4.03. The monoisotopic (exact) mass is 348 g/mol. The first-order chi connectivity index (χ1) is 11.5. The average Bonchev–Trinajstić information content (AvgIpc) is 3.10. The number of rotatable bonds is 4. The first-order valence-electron chi connectivity index (χ1n) is 8.13. The van der Waals surface area contributed by atoms with Gasteiger partial charge in [0, 0.05) is 31.7 Å². The summed E-state index contributed by atoms with van der Waals surface area (Å²) in [4.78, 5) is 22.9. The van der Waals surface area contributed by atoms with E-state index in [4.69, 9.17) is 16.3 Å². The molecule has 1 aliphatic rings. The van der Waals surface area contributed by atoms with Crippen LogP contribution in [0.1, 0.15) is 43.1 Å². The minimum absolute atomic E-state index is 0.0189. The van der Waals surface area contributed by atoms with Crippen molar-refractivity contribution in [3.63, 3.8) is 0 Å². The van der Waals surface area contributed by atoms with Crippen LogP contribution in [-0.4, -0.2) is 44.5 Å². The van der Waals surface area contributed by atoms with E-state index in [-0.39, 0.29) is 18.1 Å². The Morgan fingerprint density at radius 3 is 2.96 bits per heavy atom. The van der Waals surface area contributed by atoms with E-state index in [2.05, 4.69) is 14.5 Å². The number of imidazole rings is 1. The highest BCUT2D eigenvalue weighted by molar-refractivity contribution is 6.32. The lowest BCUT2D eigenvalue weighted by molar-refractivity contribution is 0.0679. The zero-order valence-corrected chi connectivity index (χ0v) is 14.6. The lowest BCUT2D eigenvalue weighted by Gasteiger charge is -2.33. The highest BCUT2D eigenvalue weighted by atomic mass is 35.5. The number of amides is 1. The lowest BCUT2D eigenvalue weighted by Crippen LogP contribution is -2.40. The molecule has 0 spiro atoms. The van der Waals surface area contributed by atoms with Gasteiger partial charge >= 0.3 is 0 Å². The molecule has 1 atom stereocenters. The van der Waals surface area contributed by atoms with Crippen LogP contribution in [0.25, 0.3) is 0 Å². The number of hydrogen-bond acceptors (Lipinski definition) is 4. The van der Waals surface area contributed by atoms with Crippen LogP contribution in [-0.2, 0) is 0 Å². The molecule has 1 saturated heterocycles. The van der Waals surface area contributed by atoms with Gasteiger partial charge in [0.05, 0.1) is 24.0 Å². The van der Waals surface area contributed by atoms with Crippen molar-refractivity contribution in [3.05, 3.63) is 41.6 Å². The van der Waals surface area contributed by atoms with Crippen molar-refractivity contribution in [2.45, 2.75) is 38.8 Å². The number of pyridine rings is 1. The van der Waals surface area contributed by atoms with Gasteiger partial charge in [0.25, 0.3) is 5.91 Å². The Bertz CT molecular complexity index is 703. The molecule has 0 saturated carbocycles. The van der Waals surface area contributed by atoms with Crippen molar-refractivity contribution in [2.24, 2.45) is 0 Å². The van der Waals surface area contributed by atoms with E-state index in [1.54, 1.807) is 18.6 Å². The molecule has 0 N–H and O–H groups in total. The highest BCUT2D eigenvalue weighted by Crippen LogP contribution is 2.26. The number of nitrogens with zero attached hydrogens (tertiary/aromatic N) is 4. The second-order valence-corrected chi connectivity index (χ2v) is 6.64. The summed E-state index contributed by atoms with van der Waals surface area (Å²) in [5.41, 5.74) is 0.488. The van der Waals surface area contributed by atoms with Crippen molar-refractivity contribution in [3.8, 4) is 5.88 Å². The van der Waals surface area contributed by atoms with Gasteiger partial charge in [-0.3, -0.25) is 4.79 Å². The molecule has 2 aromatic heterocycles. The number of hydrogen-bond donors (Lipinski definition) is 0. The second kappa shape index (κ2) is 7.21. The van der Waals surface area contributed by atoms with Crippen molar-refractivity contribution in [1.82, 2.24) is 19.4 Å². The van der Waals surface area contributed by atoms with Crippen molar-refractivity contribution in [1.29, 1.82) is 0 Å². The summed E-state index contributed by atoms with van der Waals surface area (Å²) < 4.78 is 7.57. The number of halogens is 1. The molecule has 3 heterocycles. The second-order valence-electron chi connectivity index (χ2n) is 6.23. The molecule has 1 aliphatic heterocycles. The number of carbonyl (C=O) groups excluding carboxylic acids is 1. The fourth-order valence-electron chi connectivity index (χ4n) is 2.90. The first-order valence-corrected chi connectivity index (χ1v) is 8.51. The van der Waals surface area contributed by atoms with E-state index in [9.17, 15) is 4.79 Å². The van der Waals surface area contributed by atoms with Crippen molar-refractivity contribution in [2.75, 3.05) is 13.1 Å². The van der Waals surface area contributed by atoms with Crippen LogP contribution in [0.5, 0.6) is 5.88 Å². The van der Waals surface area contributed by atoms with Crippen LogP contribution in [0.4, 0.5) is 0 Å². The number of piperidine rings is 1. The van der Waals surface area contributed by atoms with Crippen LogP contribution in [0.15, 0.2) is 31.0 Å². The lowest BCUT2D eigenvalue weighted by atomic mass is 10.0. The molecule has 1 amide bonds. The van der Waals surface area contributed by atoms with Crippen LogP contribution in [0.3, 0.4) is 0 Å². The van der Waals surface area contributed by atoms with E-state index >= 15 is 0 Å². The minimum Gasteiger partial charge on any atom is -0.474 e. The Morgan fingerprint density at radius 1 is 1.46 bits per heavy atom. The van der Waals surface area contributed by atoms with Crippen molar-refractivity contribution < 1.29 is 9.53 Å². The molecule has 1 unspecified atom stereocenters. The maximum atomic E-state index is 12.8. The van der Waals surface area contributed by atoms with E-state index in [0.29, 0.717) is 23.0 Å². The fourth-order valence-corrected chi connectivity index (χ4v) is 3.11. The molecular weight excluding hydrogens is 328 g/mol. The Labute approximate surface area is 146 Å². The molecule has 0 aliphatic carbocycles. The molecule has 0 bridgehead atoms. The fraction of sp³-hybridized carbons (Fsp3) is 0.471. The van der Waals surface area contributed by atoms with Crippen LogP contribution in [0.2, 0.25) is 5.02 Å². The molecule has 1 fully saturated rings. The molecular formula is C17H21ClN4O2. The zero-order chi connectivity index (χ0) is 17.1. The van der Waals surface area contributed by atoms with Gasteiger partial charge in [0.1, 0.15) is 5.02 Å². The van der Waals surface area contributed by atoms with Crippen molar-refractivity contribution >= 4 is 17.5 Å². The summed E-state index contributed by atoms with van der Waals surface area (Å²) in [7, 11) is 0. The van der Waals surface area contributed by atoms with Crippen LogP contribution in [0, 0.1) is 0 Å². The van der Waals surface area contributed by atoms with E-state index in [1.165, 1.54) is 6.20 Å². The van der Waals surface area contributed by atoms with Gasteiger partial charge in [0.15, 0.2) is 0 Å². The molecule has 128 valence electrons. The van der Waals surface area contributed by atoms with Gasteiger partial charge in [-0.05, 0) is 32.8 Å². The summed E-state index contributed by atoms with van der Waals surface area (Å²) in [5, 5.41) is 0.359. The standard InChI is InChI=1S/C17H21ClN4O2/c1-12(2)24-16-15(18)8-13(9-20-16)17(23)21-6-3-4-14(10-21)22-7-5-19-11-22/h5,7-9,11-12,14H,3-4,6,10H2,1-2H3. The molecule has 0 aromatic carbocycles. The van der Waals surface area contributed by atoms with Gasteiger partial charge in [-0.1, -0.05) is 11.6 Å². The zero-order valence-electron chi connectivity index (χ0n) is 13.9. The number of ether oxygens (including phenoxy) is 1. The normalized spacial score (nSPS) is 18.0. The maximum absolute atomic E-state index is 12.8. The van der Waals surface area contributed by atoms with Crippen LogP contribution < -0.4 is 4.74 Å². The Hall–Kier alpha value is -2.08. The molecule has 2 aromatic rings.